The van der Waals surface area contributed by atoms with E-state index in [0.29, 0.717) is 16.6 Å². The van der Waals surface area contributed by atoms with Crippen molar-refractivity contribution in [3.05, 3.63) is 29.1 Å². The van der Waals surface area contributed by atoms with Gasteiger partial charge in [0.15, 0.2) is 0 Å². The normalized spacial score (nSPS) is 19.7. The van der Waals surface area contributed by atoms with E-state index >= 15 is 4.39 Å². The molecule has 0 saturated carbocycles. The Morgan fingerprint density at radius 3 is 2.19 bits per heavy atom. The average molecular weight is 379 g/mol. The van der Waals surface area contributed by atoms with Gasteiger partial charge >= 0.3 is 13.2 Å². The summed E-state index contributed by atoms with van der Waals surface area (Å²) in [7, 11) is -0.767. The molecule has 0 radical (unpaired) electrons. The number of amides is 1. The maximum Gasteiger partial charge on any atom is 0.497 e. The molecule has 7 heteroatoms. The predicted molar refractivity (Wildman–Crippen MR) is 105 cm³/mol. The van der Waals surface area contributed by atoms with Gasteiger partial charge in [-0.1, -0.05) is 12.1 Å². The third-order valence-electron chi connectivity index (χ3n) is 5.17. The number of halogens is 1. The summed E-state index contributed by atoms with van der Waals surface area (Å²) in [4.78, 5) is 12.0. The van der Waals surface area contributed by atoms with Gasteiger partial charge in [-0.3, -0.25) is 0 Å². The Kier molecular flexibility index (Phi) is 5.70. The van der Waals surface area contributed by atoms with Crippen LogP contribution in [0.25, 0.3) is 0 Å². The molecule has 1 atom stereocenters. The molecule has 5 nitrogen and oxygen atoms in total. The molecule has 1 saturated heterocycles. The number of nitrogens with one attached hydrogen (secondary N) is 1. The van der Waals surface area contributed by atoms with Crippen molar-refractivity contribution in [3.63, 3.8) is 0 Å². The Bertz CT molecular complexity index is 711. The zero-order valence-electron chi connectivity index (χ0n) is 17.8. The number of benzene rings is 1. The molecule has 2 rings (SSSR count). The average Bonchev–Trinajstić information content (AvgIpc) is 2.67. The first-order valence-corrected chi connectivity index (χ1v) is 9.29. The number of rotatable bonds is 3. The lowest BCUT2D eigenvalue weighted by molar-refractivity contribution is 0.00578. The fourth-order valence-corrected chi connectivity index (χ4v) is 2.90. The molecular formula is C20H31BFNO4. The van der Waals surface area contributed by atoms with Crippen molar-refractivity contribution >= 4 is 18.7 Å². The number of carbonyl (C=O) groups is 1. The first kappa shape index (κ1) is 21.7. The first-order chi connectivity index (χ1) is 12.1. The summed E-state index contributed by atoms with van der Waals surface area (Å²) in [6.07, 6.45) is -0.537. The zero-order valence-corrected chi connectivity index (χ0v) is 17.8. The second kappa shape index (κ2) is 7.10. The molecule has 1 aromatic rings. The number of carbonyl (C=O) groups excluding carboxylic acids is 1. The van der Waals surface area contributed by atoms with E-state index in [9.17, 15) is 4.79 Å². The molecule has 0 aliphatic carbocycles. The van der Waals surface area contributed by atoms with Crippen molar-refractivity contribution in [3.8, 4) is 0 Å². The molecule has 0 spiro atoms. The third-order valence-corrected chi connectivity index (χ3v) is 5.17. The van der Waals surface area contributed by atoms with Crippen LogP contribution in [0.15, 0.2) is 12.1 Å². The monoisotopic (exact) mass is 379 g/mol. The molecule has 1 aliphatic rings. The third kappa shape index (κ3) is 4.64. The molecule has 0 aromatic heterocycles. The summed E-state index contributed by atoms with van der Waals surface area (Å²) < 4.78 is 32.3. The summed E-state index contributed by atoms with van der Waals surface area (Å²) in [5.74, 6) is -0.385. The van der Waals surface area contributed by atoms with Gasteiger partial charge in [-0.05, 0) is 73.4 Å². The van der Waals surface area contributed by atoms with Gasteiger partial charge in [-0.2, -0.15) is 0 Å². The summed E-state index contributed by atoms with van der Waals surface area (Å²) in [6.45, 7) is 16.6. The maximum absolute atomic E-state index is 15.1. The second-order valence-corrected chi connectivity index (χ2v) is 9.14. The van der Waals surface area contributed by atoms with Gasteiger partial charge in [0.05, 0.1) is 17.2 Å². The van der Waals surface area contributed by atoms with E-state index in [1.165, 1.54) is 0 Å². The van der Waals surface area contributed by atoms with E-state index in [1.807, 2.05) is 27.7 Å². The summed E-state index contributed by atoms with van der Waals surface area (Å²) in [6, 6.07) is 3.05. The fraction of sp³-hybridized carbons (Fsp3) is 0.650. The SMILES string of the molecule is Cc1c([C@@H](C)NC(=O)OC(C)(C)C)ccc(B2OC(C)(C)C(C)(C)O2)c1F. The van der Waals surface area contributed by atoms with Crippen LogP contribution in [0.4, 0.5) is 9.18 Å². The highest BCUT2D eigenvalue weighted by atomic mass is 19.1. The number of hydrogen-bond donors (Lipinski definition) is 1. The first-order valence-electron chi connectivity index (χ1n) is 9.29. The maximum atomic E-state index is 15.1. The van der Waals surface area contributed by atoms with Gasteiger partial charge in [0, 0.05) is 5.46 Å². The molecule has 0 unspecified atom stereocenters. The van der Waals surface area contributed by atoms with Gasteiger partial charge < -0.3 is 19.4 Å². The number of ether oxygens (including phenoxy) is 1. The van der Waals surface area contributed by atoms with Crippen molar-refractivity contribution in [2.75, 3.05) is 0 Å². The highest BCUT2D eigenvalue weighted by Crippen LogP contribution is 2.37. The lowest BCUT2D eigenvalue weighted by Gasteiger charge is -2.32. The van der Waals surface area contributed by atoms with Crippen LogP contribution in [0, 0.1) is 12.7 Å². The van der Waals surface area contributed by atoms with Crippen LogP contribution in [0.3, 0.4) is 0 Å². The van der Waals surface area contributed by atoms with Gasteiger partial charge in [-0.25, -0.2) is 9.18 Å². The van der Waals surface area contributed by atoms with E-state index < -0.39 is 36.1 Å². The van der Waals surface area contributed by atoms with Crippen molar-refractivity contribution in [1.29, 1.82) is 0 Å². The summed E-state index contributed by atoms with van der Waals surface area (Å²) in [5.41, 5.74) is -0.182. The van der Waals surface area contributed by atoms with Crippen molar-refractivity contribution in [2.24, 2.45) is 0 Å². The van der Waals surface area contributed by atoms with Gasteiger partial charge in [0.1, 0.15) is 11.4 Å². The van der Waals surface area contributed by atoms with Crippen molar-refractivity contribution in [1.82, 2.24) is 5.32 Å². The standard InChI is InChI=1S/C20H31BFNO4/c1-12-14(13(2)23-17(24)25-18(3,4)5)10-11-15(16(12)22)21-26-19(6,7)20(8,9)27-21/h10-11,13H,1-9H3,(H,23,24)/t13-/m1/s1. The van der Waals surface area contributed by atoms with Crippen LogP contribution in [-0.4, -0.2) is 30.0 Å². The number of hydrogen-bond acceptors (Lipinski definition) is 4. The van der Waals surface area contributed by atoms with Crippen LogP contribution < -0.4 is 10.8 Å². The Hall–Kier alpha value is -1.60. The minimum Gasteiger partial charge on any atom is -0.444 e. The van der Waals surface area contributed by atoms with E-state index in [2.05, 4.69) is 5.32 Å². The molecule has 1 N–H and O–H groups in total. The highest BCUT2D eigenvalue weighted by molar-refractivity contribution is 6.62. The molecular weight excluding hydrogens is 348 g/mol. The molecule has 1 heterocycles. The van der Waals surface area contributed by atoms with Crippen LogP contribution in [0.5, 0.6) is 0 Å². The molecule has 1 amide bonds. The molecule has 0 bridgehead atoms. The fourth-order valence-electron chi connectivity index (χ4n) is 2.90. The van der Waals surface area contributed by atoms with Crippen LogP contribution in [-0.2, 0) is 14.0 Å². The lowest BCUT2D eigenvalue weighted by atomic mass is 9.76. The summed E-state index contributed by atoms with van der Waals surface area (Å²) >= 11 is 0. The largest absolute Gasteiger partial charge is 0.497 e. The quantitative estimate of drug-likeness (QED) is 0.806. The lowest BCUT2D eigenvalue weighted by Crippen LogP contribution is -2.41. The van der Waals surface area contributed by atoms with Gasteiger partial charge in [0.2, 0.25) is 0 Å². The Morgan fingerprint density at radius 2 is 1.70 bits per heavy atom. The molecule has 150 valence electrons. The molecule has 1 aliphatic heterocycles. The van der Waals surface area contributed by atoms with Gasteiger partial charge in [-0.15, -0.1) is 0 Å². The molecule has 1 fully saturated rings. The Balaban J connectivity index is 2.21. The van der Waals surface area contributed by atoms with Crippen LogP contribution in [0.1, 0.15) is 72.6 Å². The number of alkyl carbamates (subject to hydrolysis) is 1. The van der Waals surface area contributed by atoms with Crippen LogP contribution >= 0.6 is 0 Å². The topological polar surface area (TPSA) is 56.8 Å². The highest BCUT2D eigenvalue weighted by Gasteiger charge is 2.52. The van der Waals surface area contributed by atoms with E-state index in [0.717, 1.165) is 0 Å². The van der Waals surface area contributed by atoms with Gasteiger partial charge in [0.25, 0.3) is 0 Å². The minimum absolute atomic E-state index is 0.361. The predicted octanol–water partition coefficient (Wildman–Crippen LogP) is 4.02. The van der Waals surface area contributed by atoms with E-state index in [4.69, 9.17) is 14.0 Å². The van der Waals surface area contributed by atoms with E-state index in [-0.39, 0.29) is 5.82 Å². The Morgan fingerprint density at radius 1 is 1.19 bits per heavy atom. The molecule has 27 heavy (non-hydrogen) atoms. The zero-order chi connectivity index (χ0) is 20.8. The smallest absolute Gasteiger partial charge is 0.444 e. The van der Waals surface area contributed by atoms with Crippen molar-refractivity contribution in [2.45, 2.75) is 85.2 Å². The minimum atomic E-state index is -0.767. The Labute approximate surface area is 162 Å². The van der Waals surface area contributed by atoms with E-state index in [1.54, 1.807) is 46.8 Å². The molecule has 1 aromatic carbocycles. The van der Waals surface area contributed by atoms with Crippen molar-refractivity contribution < 1.29 is 23.2 Å². The summed E-state index contributed by atoms with van der Waals surface area (Å²) in [5, 5.41) is 2.75. The second-order valence-electron chi connectivity index (χ2n) is 9.14. The van der Waals surface area contributed by atoms with Crippen LogP contribution in [0.2, 0.25) is 0 Å².